The molecule has 0 spiro atoms. The first kappa shape index (κ1) is 13.1. The van der Waals surface area contributed by atoms with E-state index in [1.165, 1.54) is 9.40 Å². The monoisotopic (exact) mass is 295 g/mol. The number of rotatable bonds is 2. The van der Waals surface area contributed by atoms with Gasteiger partial charge in [0.1, 0.15) is 0 Å². The van der Waals surface area contributed by atoms with Crippen molar-refractivity contribution in [2.45, 2.75) is 37.8 Å². The van der Waals surface area contributed by atoms with Crippen LogP contribution < -0.4 is 0 Å². The van der Waals surface area contributed by atoms with Crippen LogP contribution >= 0.6 is 22.7 Å². The van der Waals surface area contributed by atoms with Gasteiger partial charge >= 0.3 is 0 Å². The zero-order chi connectivity index (χ0) is 13.4. The smallest absolute Gasteiger partial charge is 0.264 e. The molecular weight excluding hydrogens is 278 g/mol. The maximum absolute atomic E-state index is 12.5. The number of likely N-dealkylation sites (N-methyl/N-ethyl adjacent to an activating group) is 1. The van der Waals surface area contributed by atoms with Gasteiger partial charge in [-0.15, -0.1) is 22.7 Å². The molecule has 2 aromatic heterocycles. The van der Waals surface area contributed by atoms with Gasteiger partial charge in [0.05, 0.1) is 17.0 Å². The van der Waals surface area contributed by atoms with Crippen LogP contribution in [0.4, 0.5) is 0 Å². The molecule has 2 unspecified atom stereocenters. The average Bonchev–Trinajstić information content (AvgIpc) is 2.98. The molecule has 19 heavy (non-hydrogen) atoms. The number of thiophene rings is 2. The molecule has 0 saturated heterocycles. The second-order valence-corrected chi connectivity index (χ2v) is 7.13. The number of fused-ring (bicyclic) bond motifs is 1. The second-order valence-electron chi connectivity index (χ2n) is 5.09. The molecule has 2 heterocycles. The first-order chi connectivity index (χ1) is 9.16. The highest BCUT2D eigenvalue weighted by Crippen LogP contribution is 2.31. The Morgan fingerprint density at radius 3 is 2.89 bits per heavy atom. The van der Waals surface area contributed by atoms with Crippen molar-refractivity contribution < 1.29 is 9.90 Å². The number of amides is 1. The summed E-state index contributed by atoms with van der Waals surface area (Å²) in [5.41, 5.74) is 0. The van der Waals surface area contributed by atoms with Gasteiger partial charge in [-0.3, -0.25) is 4.79 Å². The number of aliphatic hydroxyl groups is 1. The predicted molar refractivity (Wildman–Crippen MR) is 80.1 cm³/mol. The first-order valence-electron chi connectivity index (χ1n) is 6.59. The lowest BCUT2D eigenvalue weighted by atomic mass is 9.91. The fourth-order valence-electron chi connectivity index (χ4n) is 2.74. The van der Waals surface area contributed by atoms with Gasteiger partial charge in [0, 0.05) is 16.4 Å². The molecule has 1 fully saturated rings. The topological polar surface area (TPSA) is 40.5 Å². The van der Waals surface area contributed by atoms with Crippen LogP contribution in [0.5, 0.6) is 0 Å². The van der Waals surface area contributed by atoms with E-state index in [-0.39, 0.29) is 18.1 Å². The Labute approximate surface area is 120 Å². The minimum Gasteiger partial charge on any atom is -0.391 e. The van der Waals surface area contributed by atoms with E-state index in [9.17, 15) is 9.90 Å². The molecule has 0 aromatic carbocycles. The largest absolute Gasteiger partial charge is 0.391 e. The van der Waals surface area contributed by atoms with Crippen molar-refractivity contribution in [2.75, 3.05) is 7.05 Å². The molecule has 2 atom stereocenters. The molecule has 1 saturated carbocycles. The van der Waals surface area contributed by atoms with Crippen LogP contribution in [0.3, 0.4) is 0 Å². The molecule has 1 aliphatic rings. The average molecular weight is 295 g/mol. The van der Waals surface area contributed by atoms with Crippen molar-refractivity contribution in [1.82, 2.24) is 4.90 Å². The standard InChI is InChI=1S/C14H17NO2S2/c1-15(9-4-2-3-5-10(9)16)14(17)13-8-12-11(19-13)6-7-18-12/h6-10,16H,2-5H2,1H3. The van der Waals surface area contributed by atoms with Crippen LogP contribution in [0.15, 0.2) is 17.5 Å². The summed E-state index contributed by atoms with van der Waals surface area (Å²) in [6, 6.07) is 4.00. The van der Waals surface area contributed by atoms with Gasteiger partial charge in [-0.2, -0.15) is 0 Å². The summed E-state index contributed by atoms with van der Waals surface area (Å²) in [4.78, 5) is 15.0. The normalized spacial score (nSPS) is 23.7. The molecule has 102 valence electrons. The summed E-state index contributed by atoms with van der Waals surface area (Å²) in [5.74, 6) is 0.0411. The molecule has 3 rings (SSSR count). The molecule has 1 N–H and O–H groups in total. The zero-order valence-electron chi connectivity index (χ0n) is 10.8. The Morgan fingerprint density at radius 1 is 1.37 bits per heavy atom. The van der Waals surface area contributed by atoms with E-state index in [1.807, 2.05) is 18.5 Å². The zero-order valence-corrected chi connectivity index (χ0v) is 12.5. The highest BCUT2D eigenvalue weighted by Gasteiger charge is 2.30. The quantitative estimate of drug-likeness (QED) is 0.923. The SMILES string of the molecule is CN(C(=O)c1cc2sccc2s1)C1CCCCC1O. The summed E-state index contributed by atoms with van der Waals surface area (Å²) in [7, 11) is 1.81. The van der Waals surface area contributed by atoms with Crippen LogP contribution in [0.25, 0.3) is 9.40 Å². The highest BCUT2D eigenvalue weighted by molar-refractivity contribution is 7.27. The highest BCUT2D eigenvalue weighted by atomic mass is 32.1. The van der Waals surface area contributed by atoms with E-state index in [0.717, 1.165) is 30.6 Å². The number of carbonyl (C=O) groups is 1. The minimum absolute atomic E-state index is 0.0265. The molecule has 1 amide bonds. The van der Waals surface area contributed by atoms with Crippen molar-refractivity contribution in [1.29, 1.82) is 0 Å². The molecule has 2 aromatic rings. The summed E-state index contributed by atoms with van der Waals surface area (Å²) < 4.78 is 2.34. The number of nitrogens with zero attached hydrogens (tertiary/aromatic N) is 1. The van der Waals surface area contributed by atoms with E-state index in [0.29, 0.717) is 0 Å². The maximum Gasteiger partial charge on any atom is 0.264 e. The Kier molecular flexibility index (Phi) is 3.60. The Bertz CT molecular complexity index is 561. The van der Waals surface area contributed by atoms with Gasteiger partial charge < -0.3 is 10.0 Å². The molecule has 0 radical (unpaired) electrons. The Morgan fingerprint density at radius 2 is 2.16 bits per heavy atom. The lowest BCUT2D eigenvalue weighted by Gasteiger charge is -2.34. The number of hydrogen-bond acceptors (Lipinski definition) is 4. The van der Waals surface area contributed by atoms with Crippen molar-refractivity contribution in [3.05, 3.63) is 22.4 Å². The van der Waals surface area contributed by atoms with Crippen LogP contribution in [-0.4, -0.2) is 35.1 Å². The van der Waals surface area contributed by atoms with E-state index >= 15 is 0 Å². The van der Waals surface area contributed by atoms with Gasteiger partial charge in [-0.05, 0) is 30.4 Å². The van der Waals surface area contributed by atoms with Gasteiger partial charge in [0.2, 0.25) is 0 Å². The van der Waals surface area contributed by atoms with Crippen molar-refractivity contribution in [3.63, 3.8) is 0 Å². The summed E-state index contributed by atoms with van der Waals surface area (Å²) in [5, 5.41) is 12.1. The number of hydrogen-bond donors (Lipinski definition) is 1. The third kappa shape index (κ3) is 2.42. The molecule has 0 bridgehead atoms. The van der Waals surface area contributed by atoms with Gasteiger partial charge in [-0.1, -0.05) is 12.8 Å². The van der Waals surface area contributed by atoms with E-state index in [1.54, 1.807) is 27.6 Å². The first-order valence-corrected chi connectivity index (χ1v) is 8.28. The Hall–Kier alpha value is -0.910. The molecule has 3 nitrogen and oxygen atoms in total. The summed E-state index contributed by atoms with van der Waals surface area (Å²) in [6.45, 7) is 0. The molecule has 0 aliphatic heterocycles. The minimum atomic E-state index is -0.372. The van der Waals surface area contributed by atoms with Crippen molar-refractivity contribution in [2.24, 2.45) is 0 Å². The molecule has 5 heteroatoms. The second kappa shape index (κ2) is 5.23. The van der Waals surface area contributed by atoms with Crippen LogP contribution in [0, 0.1) is 0 Å². The van der Waals surface area contributed by atoms with E-state index in [2.05, 4.69) is 6.07 Å². The lowest BCUT2D eigenvalue weighted by Crippen LogP contribution is -2.46. The number of aliphatic hydroxyl groups excluding tert-OH is 1. The maximum atomic E-state index is 12.5. The Balaban J connectivity index is 1.80. The molecular formula is C14H17NO2S2. The van der Waals surface area contributed by atoms with E-state index in [4.69, 9.17) is 0 Å². The van der Waals surface area contributed by atoms with Crippen LogP contribution in [0.1, 0.15) is 35.4 Å². The van der Waals surface area contributed by atoms with Crippen LogP contribution in [0.2, 0.25) is 0 Å². The fraction of sp³-hybridized carbons (Fsp3) is 0.500. The number of carbonyl (C=O) groups excluding carboxylic acids is 1. The van der Waals surface area contributed by atoms with Gasteiger partial charge in [-0.25, -0.2) is 0 Å². The molecule has 1 aliphatic carbocycles. The third-order valence-electron chi connectivity index (χ3n) is 3.86. The fourth-order valence-corrected chi connectivity index (χ4v) is 4.83. The summed E-state index contributed by atoms with van der Waals surface area (Å²) >= 11 is 3.21. The van der Waals surface area contributed by atoms with E-state index < -0.39 is 0 Å². The van der Waals surface area contributed by atoms with Crippen molar-refractivity contribution >= 4 is 38.0 Å². The third-order valence-corrected chi connectivity index (χ3v) is 5.94. The predicted octanol–water partition coefficient (Wildman–Crippen LogP) is 3.34. The summed E-state index contributed by atoms with van der Waals surface area (Å²) in [6.07, 6.45) is 3.50. The van der Waals surface area contributed by atoms with Gasteiger partial charge in [0.15, 0.2) is 0 Å². The lowest BCUT2D eigenvalue weighted by molar-refractivity contribution is 0.0271. The van der Waals surface area contributed by atoms with Crippen LogP contribution in [-0.2, 0) is 0 Å². The van der Waals surface area contributed by atoms with Gasteiger partial charge in [0.25, 0.3) is 5.91 Å². The van der Waals surface area contributed by atoms with Crippen molar-refractivity contribution in [3.8, 4) is 0 Å².